The van der Waals surface area contributed by atoms with E-state index < -0.39 is 0 Å². The molecule has 1 aliphatic heterocycles. The minimum Gasteiger partial charge on any atom is -0.398 e. The molecule has 0 bridgehead atoms. The van der Waals surface area contributed by atoms with Crippen molar-refractivity contribution < 1.29 is 5.11 Å². The highest BCUT2D eigenvalue weighted by Gasteiger charge is 2.44. The van der Waals surface area contributed by atoms with E-state index in [1.54, 1.807) is 0 Å². The van der Waals surface area contributed by atoms with Crippen LogP contribution in [0.15, 0.2) is 30.3 Å². The van der Waals surface area contributed by atoms with Crippen molar-refractivity contribution in [3.05, 3.63) is 47.0 Å². The summed E-state index contributed by atoms with van der Waals surface area (Å²) in [6.45, 7) is 6.72. The summed E-state index contributed by atoms with van der Waals surface area (Å²) in [4.78, 5) is 7.58. The van der Waals surface area contributed by atoms with Crippen LogP contribution in [0.4, 0.5) is 5.82 Å². The van der Waals surface area contributed by atoms with E-state index in [-0.39, 0.29) is 17.4 Å². The van der Waals surface area contributed by atoms with Crippen LogP contribution < -0.4 is 10.6 Å². The number of aliphatic hydroxyl groups excluding tert-OH is 1. The van der Waals surface area contributed by atoms with Crippen LogP contribution in [0.25, 0.3) is 22.4 Å². The predicted molar refractivity (Wildman–Crippen MR) is 117 cm³/mol. The normalized spacial score (nSPS) is 25.1. The van der Waals surface area contributed by atoms with Crippen LogP contribution >= 0.6 is 0 Å². The molecule has 2 aliphatic carbocycles. The van der Waals surface area contributed by atoms with Gasteiger partial charge in [-0.15, -0.1) is 0 Å². The van der Waals surface area contributed by atoms with Gasteiger partial charge in [-0.05, 0) is 54.4 Å². The van der Waals surface area contributed by atoms with E-state index in [1.165, 1.54) is 16.9 Å². The van der Waals surface area contributed by atoms with Crippen molar-refractivity contribution >= 4 is 28.2 Å². The third-order valence-electron chi connectivity index (χ3n) is 7.70. The number of piperidine rings is 1. The number of benzene rings is 1. The van der Waals surface area contributed by atoms with E-state index in [2.05, 4.69) is 53.5 Å². The first kappa shape index (κ1) is 17.3. The molecule has 3 aromatic rings. The number of aliphatic hydroxyl groups is 1. The molecule has 5 nitrogen and oxygen atoms in total. The molecule has 6 rings (SSSR count). The molecule has 1 saturated heterocycles. The number of fused-ring (bicyclic) bond motifs is 4. The van der Waals surface area contributed by atoms with Gasteiger partial charge in [0.05, 0.1) is 11.0 Å². The highest BCUT2D eigenvalue weighted by molar-refractivity contribution is 5.93. The summed E-state index contributed by atoms with van der Waals surface area (Å²) < 4.78 is 2.36. The lowest BCUT2D eigenvalue weighted by atomic mass is 9.81. The van der Waals surface area contributed by atoms with Crippen LogP contribution in [0.2, 0.25) is 0 Å². The number of anilines is 1. The number of allylic oxidation sites excluding steroid dienone is 1. The fourth-order valence-corrected chi connectivity index (χ4v) is 5.88. The number of para-hydroxylation sites is 2. The molecule has 3 N–H and O–H groups in total. The molecule has 0 amide bonds. The zero-order chi connectivity index (χ0) is 20.0. The Morgan fingerprint density at radius 1 is 1.14 bits per heavy atom. The van der Waals surface area contributed by atoms with Crippen molar-refractivity contribution in [1.29, 1.82) is 0 Å². The summed E-state index contributed by atoms with van der Waals surface area (Å²) in [6, 6.07) is 8.41. The van der Waals surface area contributed by atoms with Gasteiger partial charge in [0, 0.05) is 36.4 Å². The Balaban J connectivity index is 1.66. The van der Waals surface area contributed by atoms with Crippen molar-refractivity contribution in [2.45, 2.75) is 44.9 Å². The van der Waals surface area contributed by atoms with Crippen LogP contribution in [0.1, 0.15) is 49.8 Å². The largest absolute Gasteiger partial charge is 0.398 e. The number of nitrogens with two attached hydrogens (primary N) is 1. The van der Waals surface area contributed by atoms with Gasteiger partial charge in [-0.25, -0.2) is 4.98 Å². The van der Waals surface area contributed by atoms with Crippen molar-refractivity contribution in [1.82, 2.24) is 9.38 Å². The molecule has 5 heteroatoms. The predicted octanol–water partition coefficient (Wildman–Crippen LogP) is 3.60. The van der Waals surface area contributed by atoms with Gasteiger partial charge in [0.25, 0.3) is 0 Å². The minimum atomic E-state index is 0.0266. The first-order chi connectivity index (χ1) is 13.9. The molecule has 0 spiro atoms. The number of nitrogens with zero attached hydrogens (tertiary/aromatic N) is 3. The van der Waals surface area contributed by atoms with Gasteiger partial charge in [-0.2, -0.15) is 0 Å². The van der Waals surface area contributed by atoms with Crippen molar-refractivity contribution in [3.8, 4) is 0 Å². The van der Waals surface area contributed by atoms with Gasteiger partial charge >= 0.3 is 0 Å². The lowest BCUT2D eigenvalue weighted by molar-refractivity contribution is 0.114. The van der Waals surface area contributed by atoms with Crippen LogP contribution in [0.5, 0.6) is 0 Å². The second kappa shape index (κ2) is 5.54. The molecule has 3 aliphatic rings. The Labute approximate surface area is 170 Å². The zero-order valence-corrected chi connectivity index (χ0v) is 17.2. The maximum absolute atomic E-state index is 9.83. The van der Waals surface area contributed by atoms with E-state index >= 15 is 0 Å². The second-order valence-electron chi connectivity index (χ2n) is 9.78. The summed E-state index contributed by atoms with van der Waals surface area (Å²) in [5, 5.41) is 9.83. The topological polar surface area (TPSA) is 66.8 Å². The average Bonchev–Trinajstić information content (AvgIpc) is 3.33. The Kier molecular flexibility index (Phi) is 3.31. The Morgan fingerprint density at radius 3 is 2.66 bits per heavy atom. The van der Waals surface area contributed by atoms with Crippen LogP contribution in [0.3, 0.4) is 0 Å². The average molecular weight is 389 g/mol. The molecular weight excluding hydrogens is 360 g/mol. The number of imidazole rings is 1. The molecule has 0 radical (unpaired) electrons. The maximum atomic E-state index is 9.83. The highest BCUT2D eigenvalue weighted by atomic mass is 16.3. The standard InChI is InChI=1S/C24H28N4O/c1-23(14-29)9-11-27(12-10-23)22-15-7-8-24(2)13-16(25)19(20(15)24)21-26-17-5-3-4-6-18(17)28(21)22/h3-6,13,29H,7-12,14,25H2,1-2H3. The number of rotatable bonds is 2. The van der Waals surface area contributed by atoms with Gasteiger partial charge in [-0.1, -0.05) is 32.1 Å². The summed E-state index contributed by atoms with van der Waals surface area (Å²) in [7, 11) is 0. The molecule has 0 saturated carbocycles. The maximum Gasteiger partial charge on any atom is 0.149 e. The Hall–Kier alpha value is -2.53. The molecule has 2 aromatic heterocycles. The van der Waals surface area contributed by atoms with Gasteiger partial charge in [0.15, 0.2) is 0 Å². The molecule has 1 unspecified atom stereocenters. The minimum absolute atomic E-state index is 0.0266. The van der Waals surface area contributed by atoms with Gasteiger partial charge in [-0.3, -0.25) is 4.40 Å². The Morgan fingerprint density at radius 2 is 1.90 bits per heavy atom. The first-order valence-electron chi connectivity index (χ1n) is 10.8. The van der Waals surface area contributed by atoms with Crippen molar-refractivity contribution in [2.24, 2.45) is 11.1 Å². The summed E-state index contributed by atoms with van der Waals surface area (Å²) in [5.74, 6) is 1.30. The van der Waals surface area contributed by atoms with E-state index in [9.17, 15) is 5.11 Å². The molecule has 1 atom stereocenters. The van der Waals surface area contributed by atoms with Gasteiger partial charge < -0.3 is 15.7 Å². The SMILES string of the molecule is CC1(CO)CCN(c2c3c4c(c5nc6ccccc6n25)C(N)=CC4(C)CC3)CC1. The number of hydrogen-bond acceptors (Lipinski definition) is 4. The molecule has 150 valence electrons. The van der Waals surface area contributed by atoms with Gasteiger partial charge in [0.1, 0.15) is 11.5 Å². The van der Waals surface area contributed by atoms with Crippen LogP contribution in [-0.2, 0) is 11.8 Å². The van der Waals surface area contributed by atoms with E-state index in [0.29, 0.717) is 0 Å². The highest BCUT2D eigenvalue weighted by Crippen LogP contribution is 2.53. The number of hydrogen-bond donors (Lipinski definition) is 2. The fourth-order valence-electron chi connectivity index (χ4n) is 5.88. The quantitative estimate of drug-likeness (QED) is 0.704. The third kappa shape index (κ3) is 2.17. The molecular formula is C24H28N4O. The van der Waals surface area contributed by atoms with E-state index in [0.717, 1.165) is 66.7 Å². The zero-order valence-electron chi connectivity index (χ0n) is 17.2. The van der Waals surface area contributed by atoms with Crippen molar-refractivity contribution in [3.63, 3.8) is 0 Å². The lowest BCUT2D eigenvalue weighted by Gasteiger charge is -2.40. The first-order valence-corrected chi connectivity index (χ1v) is 10.8. The summed E-state index contributed by atoms with van der Waals surface area (Å²) in [6.07, 6.45) is 6.46. The Bertz CT molecular complexity index is 1200. The second-order valence-corrected chi connectivity index (χ2v) is 9.78. The summed E-state index contributed by atoms with van der Waals surface area (Å²) >= 11 is 0. The van der Waals surface area contributed by atoms with Crippen LogP contribution in [-0.4, -0.2) is 34.2 Å². The molecule has 1 fully saturated rings. The third-order valence-corrected chi connectivity index (χ3v) is 7.70. The van der Waals surface area contributed by atoms with E-state index in [1.807, 2.05) is 0 Å². The molecule has 1 aromatic carbocycles. The molecule has 3 heterocycles. The van der Waals surface area contributed by atoms with Gasteiger partial charge in [0.2, 0.25) is 0 Å². The van der Waals surface area contributed by atoms with Crippen molar-refractivity contribution in [2.75, 3.05) is 24.6 Å². The summed E-state index contributed by atoms with van der Waals surface area (Å²) in [5.41, 5.74) is 14.7. The lowest BCUT2D eigenvalue weighted by Crippen LogP contribution is -2.41. The van der Waals surface area contributed by atoms with Crippen LogP contribution in [0, 0.1) is 5.41 Å². The number of pyridine rings is 1. The monoisotopic (exact) mass is 388 g/mol. The number of aromatic nitrogens is 2. The fraction of sp³-hybridized carbons (Fsp3) is 0.458. The van der Waals surface area contributed by atoms with E-state index in [4.69, 9.17) is 10.7 Å². The molecule has 29 heavy (non-hydrogen) atoms. The smallest absolute Gasteiger partial charge is 0.149 e.